The lowest BCUT2D eigenvalue weighted by Gasteiger charge is -2.36. The minimum Gasteiger partial charge on any atom is -0.495 e. The van der Waals surface area contributed by atoms with Crippen LogP contribution in [0.25, 0.3) is 0 Å². The van der Waals surface area contributed by atoms with Crippen molar-refractivity contribution < 1.29 is 22.7 Å². The summed E-state index contributed by atoms with van der Waals surface area (Å²) < 4.78 is 39.2. The summed E-state index contributed by atoms with van der Waals surface area (Å²) >= 11 is 0. The van der Waals surface area contributed by atoms with Crippen molar-refractivity contribution in [1.29, 1.82) is 0 Å². The van der Waals surface area contributed by atoms with Crippen LogP contribution >= 0.6 is 0 Å². The molecule has 162 valence electrons. The molecule has 1 aromatic heterocycles. The monoisotopic (exact) mass is 434 g/mol. The van der Waals surface area contributed by atoms with E-state index >= 15 is 0 Å². The number of pyridine rings is 1. The minimum atomic E-state index is -3.92. The average molecular weight is 435 g/mol. The van der Waals surface area contributed by atoms with Crippen molar-refractivity contribution >= 4 is 27.5 Å². The predicted molar refractivity (Wildman–Crippen MR) is 114 cm³/mol. The molecule has 1 aliphatic rings. The number of carbonyl (C=O) groups is 1. The fourth-order valence-corrected chi connectivity index (χ4v) is 5.05. The molecule has 9 nitrogen and oxygen atoms in total. The van der Waals surface area contributed by atoms with E-state index in [0.29, 0.717) is 43.1 Å². The Labute approximate surface area is 176 Å². The molecule has 0 atom stereocenters. The van der Waals surface area contributed by atoms with Crippen LogP contribution in [0.4, 0.5) is 16.2 Å². The number of carbonyl (C=O) groups excluding carboxylic acids is 1. The second-order valence-corrected chi connectivity index (χ2v) is 8.67. The first-order valence-electron chi connectivity index (χ1n) is 9.46. The van der Waals surface area contributed by atoms with Crippen LogP contribution in [0.3, 0.4) is 0 Å². The molecule has 1 N–H and O–H groups in total. The molecule has 10 heteroatoms. The van der Waals surface area contributed by atoms with Gasteiger partial charge in [-0.25, -0.2) is 13.2 Å². The van der Waals surface area contributed by atoms with E-state index in [1.165, 1.54) is 20.4 Å². The number of hydrogen-bond acceptors (Lipinski definition) is 7. The van der Waals surface area contributed by atoms with Gasteiger partial charge in [-0.05, 0) is 37.1 Å². The second kappa shape index (κ2) is 8.78. The highest BCUT2D eigenvalue weighted by Gasteiger charge is 2.27. The van der Waals surface area contributed by atoms with Crippen molar-refractivity contribution in [3.05, 3.63) is 41.7 Å². The summed E-state index contributed by atoms with van der Waals surface area (Å²) in [5.74, 6) is 0.289. The Morgan fingerprint density at radius 3 is 2.47 bits per heavy atom. The Morgan fingerprint density at radius 1 is 1.13 bits per heavy atom. The van der Waals surface area contributed by atoms with Crippen molar-refractivity contribution in [3.63, 3.8) is 0 Å². The number of ether oxygens (including phenoxy) is 2. The topological polar surface area (TPSA) is 101 Å². The zero-order valence-electron chi connectivity index (χ0n) is 17.5. The lowest BCUT2D eigenvalue weighted by molar-refractivity contribution is 0.121. The number of amides is 1. The molecular formula is C20H26N4O5S. The largest absolute Gasteiger partial charge is 0.495 e. The van der Waals surface area contributed by atoms with Gasteiger partial charge in [-0.1, -0.05) is 6.07 Å². The molecule has 1 aliphatic heterocycles. The van der Waals surface area contributed by atoms with E-state index in [2.05, 4.69) is 9.71 Å². The van der Waals surface area contributed by atoms with Crippen LogP contribution < -0.4 is 14.4 Å². The summed E-state index contributed by atoms with van der Waals surface area (Å²) in [6, 6.07) is 5.25. The molecule has 0 saturated carbocycles. The van der Waals surface area contributed by atoms with Crippen LogP contribution in [0.15, 0.2) is 35.5 Å². The third-order valence-electron chi connectivity index (χ3n) is 4.97. The van der Waals surface area contributed by atoms with Gasteiger partial charge >= 0.3 is 6.09 Å². The molecule has 0 radical (unpaired) electrons. The Kier molecular flexibility index (Phi) is 6.35. The van der Waals surface area contributed by atoms with Crippen LogP contribution in [-0.4, -0.2) is 64.8 Å². The number of nitrogens with one attached hydrogen (secondary N) is 1. The first-order valence-corrected chi connectivity index (χ1v) is 10.9. The number of sulfonamides is 1. The van der Waals surface area contributed by atoms with Gasteiger partial charge in [-0.3, -0.25) is 9.71 Å². The molecule has 3 rings (SSSR count). The number of aryl methyl sites for hydroxylation is 2. The molecule has 0 unspecified atom stereocenters. The van der Waals surface area contributed by atoms with Gasteiger partial charge in [0, 0.05) is 32.4 Å². The van der Waals surface area contributed by atoms with Gasteiger partial charge in [0.1, 0.15) is 10.6 Å². The number of piperazine rings is 1. The van der Waals surface area contributed by atoms with Crippen molar-refractivity contribution in [2.24, 2.45) is 0 Å². The lowest BCUT2D eigenvalue weighted by Crippen LogP contribution is -2.49. The van der Waals surface area contributed by atoms with E-state index in [1.807, 2.05) is 11.8 Å². The summed E-state index contributed by atoms with van der Waals surface area (Å²) in [7, 11) is -1.12. The molecule has 2 aromatic rings. The summed E-state index contributed by atoms with van der Waals surface area (Å²) in [6.07, 6.45) is 2.72. The zero-order chi connectivity index (χ0) is 21.9. The normalized spacial score (nSPS) is 14.4. The predicted octanol–water partition coefficient (Wildman–Crippen LogP) is 2.40. The summed E-state index contributed by atoms with van der Waals surface area (Å²) in [5.41, 5.74) is 2.57. The first-order chi connectivity index (χ1) is 14.3. The average Bonchev–Trinajstić information content (AvgIpc) is 2.72. The number of benzene rings is 1. The molecule has 1 fully saturated rings. The molecular weight excluding hydrogens is 408 g/mol. The van der Waals surface area contributed by atoms with Gasteiger partial charge in [0.15, 0.2) is 0 Å². The van der Waals surface area contributed by atoms with E-state index in [0.717, 1.165) is 5.56 Å². The van der Waals surface area contributed by atoms with Gasteiger partial charge in [0.25, 0.3) is 10.0 Å². The van der Waals surface area contributed by atoms with E-state index in [1.54, 1.807) is 36.2 Å². The number of rotatable bonds is 5. The quantitative estimate of drug-likeness (QED) is 0.771. The number of anilines is 2. The zero-order valence-corrected chi connectivity index (χ0v) is 18.3. The van der Waals surface area contributed by atoms with E-state index < -0.39 is 10.0 Å². The fraction of sp³-hybridized carbons (Fsp3) is 0.400. The molecule has 2 heterocycles. The van der Waals surface area contributed by atoms with Crippen LogP contribution in [0.1, 0.15) is 11.1 Å². The standard InChI is InChI=1S/C20H26N4O5S/c1-14-11-15(2)19(18(12-14)28-3)30(26,27)22-16-13-21-6-5-17(16)23-7-9-24(10-8-23)20(25)29-4/h5-6,11-13,22H,7-10H2,1-4H3. The summed E-state index contributed by atoms with van der Waals surface area (Å²) in [6.45, 7) is 5.66. The van der Waals surface area contributed by atoms with E-state index in [4.69, 9.17) is 9.47 Å². The van der Waals surface area contributed by atoms with Crippen molar-refractivity contribution in [1.82, 2.24) is 9.88 Å². The Hall–Kier alpha value is -3.01. The highest BCUT2D eigenvalue weighted by Crippen LogP contribution is 2.33. The molecule has 1 saturated heterocycles. The van der Waals surface area contributed by atoms with Crippen molar-refractivity contribution in [2.75, 3.05) is 50.0 Å². The highest BCUT2D eigenvalue weighted by atomic mass is 32.2. The molecule has 30 heavy (non-hydrogen) atoms. The van der Waals surface area contributed by atoms with Gasteiger partial charge in [0.05, 0.1) is 31.8 Å². The van der Waals surface area contributed by atoms with Gasteiger partial charge in [-0.2, -0.15) is 0 Å². The second-order valence-electron chi connectivity index (χ2n) is 7.06. The Balaban J connectivity index is 1.88. The maximum Gasteiger partial charge on any atom is 0.409 e. The molecule has 0 bridgehead atoms. The number of nitrogens with zero attached hydrogens (tertiary/aromatic N) is 3. The van der Waals surface area contributed by atoms with Crippen molar-refractivity contribution in [3.8, 4) is 5.75 Å². The molecule has 1 amide bonds. The molecule has 0 spiro atoms. The third kappa shape index (κ3) is 4.43. The van der Waals surface area contributed by atoms with Gasteiger partial charge < -0.3 is 19.3 Å². The first kappa shape index (κ1) is 21.7. The Bertz CT molecular complexity index is 1030. The minimum absolute atomic E-state index is 0.0981. The van der Waals surface area contributed by atoms with Gasteiger partial charge in [0.2, 0.25) is 0 Å². The maximum absolute atomic E-state index is 13.2. The SMILES string of the molecule is COC(=O)N1CCN(c2ccncc2NS(=O)(=O)c2c(C)cc(C)cc2OC)CC1. The van der Waals surface area contributed by atoms with E-state index in [-0.39, 0.29) is 16.7 Å². The lowest BCUT2D eigenvalue weighted by atomic mass is 10.1. The number of methoxy groups -OCH3 is 2. The van der Waals surface area contributed by atoms with Gasteiger partial charge in [-0.15, -0.1) is 0 Å². The van der Waals surface area contributed by atoms with Crippen LogP contribution in [0.5, 0.6) is 5.75 Å². The van der Waals surface area contributed by atoms with Crippen molar-refractivity contribution in [2.45, 2.75) is 18.7 Å². The smallest absolute Gasteiger partial charge is 0.409 e. The van der Waals surface area contributed by atoms with Crippen LogP contribution in [-0.2, 0) is 14.8 Å². The Morgan fingerprint density at radius 2 is 1.83 bits per heavy atom. The molecule has 1 aromatic carbocycles. The summed E-state index contributed by atoms with van der Waals surface area (Å²) in [4.78, 5) is 19.5. The van der Waals surface area contributed by atoms with Crippen LogP contribution in [0, 0.1) is 13.8 Å². The number of hydrogen-bond donors (Lipinski definition) is 1. The highest BCUT2D eigenvalue weighted by molar-refractivity contribution is 7.92. The third-order valence-corrected chi connectivity index (χ3v) is 6.52. The van der Waals surface area contributed by atoms with Crippen LogP contribution in [0.2, 0.25) is 0 Å². The van der Waals surface area contributed by atoms with E-state index in [9.17, 15) is 13.2 Å². The fourth-order valence-electron chi connectivity index (χ4n) is 3.61. The summed E-state index contributed by atoms with van der Waals surface area (Å²) in [5, 5.41) is 0. The number of aromatic nitrogens is 1. The molecule has 0 aliphatic carbocycles. The maximum atomic E-state index is 13.2.